The maximum absolute atomic E-state index is 13.4. The quantitative estimate of drug-likeness (QED) is 0.648. The molecule has 0 bridgehead atoms. The molecule has 0 atom stereocenters. The third-order valence-electron chi connectivity index (χ3n) is 4.11. The maximum Gasteiger partial charge on any atom is 0.258 e. The predicted octanol–water partition coefficient (Wildman–Crippen LogP) is 4.12. The van der Waals surface area contributed by atoms with Crippen LogP contribution < -0.4 is 10.3 Å². The number of aryl methyl sites for hydroxylation is 1. The second kappa shape index (κ2) is 7.12. The molecule has 0 aliphatic carbocycles. The number of carbonyl (C=O) groups excluding carboxylic acids is 1. The average Bonchev–Trinajstić information content (AvgIpc) is 2.59. The van der Waals surface area contributed by atoms with E-state index in [-0.39, 0.29) is 29.8 Å². The van der Waals surface area contributed by atoms with Gasteiger partial charge in [-0.3, -0.25) is 9.59 Å². The first-order chi connectivity index (χ1) is 12.3. The summed E-state index contributed by atoms with van der Waals surface area (Å²) < 4.78 is 20.4. The third kappa shape index (κ3) is 3.67. The highest BCUT2D eigenvalue weighted by atomic mass is 19.1. The molecule has 0 aliphatic heterocycles. The molecular weight excluding hydrogens is 333 g/mol. The van der Waals surface area contributed by atoms with Gasteiger partial charge in [-0.15, -0.1) is 0 Å². The summed E-state index contributed by atoms with van der Waals surface area (Å²) in [7, 11) is 0. The molecule has 3 aromatic rings. The van der Waals surface area contributed by atoms with E-state index >= 15 is 0 Å². The van der Waals surface area contributed by atoms with Crippen LogP contribution in [-0.4, -0.2) is 16.5 Å². The number of ketones is 1. The van der Waals surface area contributed by atoms with E-state index in [0.717, 1.165) is 5.39 Å². The fourth-order valence-electron chi connectivity index (χ4n) is 2.80. The Morgan fingerprint density at radius 2 is 1.92 bits per heavy atom. The van der Waals surface area contributed by atoms with Gasteiger partial charge in [-0.1, -0.05) is 0 Å². The number of carbonyl (C=O) groups is 1. The minimum atomic E-state index is -0.358. The number of nitrogens with zero attached hydrogens (tertiary/aromatic N) is 1. The van der Waals surface area contributed by atoms with E-state index in [0.29, 0.717) is 22.3 Å². The normalized spacial score (nSPS) is 11.1. The summed E-state index contributed by atoms with van der Waals surface area (Å²) in [6, 6.07) is 11.3. The number of aromatic nitrogens is 1. The summed E-state index contributed by atoms with van der Waals surface area (Å²) in [4.78, 5) is 25.1. The molecule has 26 heavy (non-hydrogen) atoms. The van der Waals surface area contributed by atoms with Gasteiger partial charge in [0.25, 0.3) is 5.56 Å². The molecular formula is C21H20FNO3. The molecule has 4 nitrogen and oxygen atoms in total. The zero-order chi connectivity index (χ0) is 18.8. The van der Waals surface area contributed by atoms with Crippen molar-refractivity contribution in [2.24, 2.45) is 0 Å². The van der Waals surface area contributed by atoms with Gasteiger partial charge in [0.05, 0.1) is 12.6 Å². The molecule has 3 rings (SSSR count). The fourth-order valence-corrected chi connectivity index (χ4v) is 2.80. The third-order valence-corrected chi connectivity index (χ3v) is 4.11. The van der Waals surface area contributed by atoms with Crippen molar-refractivity contribution in [2.75, 3.05) is 0 Å². The maximum atomic E-state index is 13.4. The number of benzene rings is 2. The molecule has 0 radical (unpaired) electrons. The van der Waals surface area contributed by atoms with Crippen molar-refractivity contribution in [2.45, 2.75) is 33.4 Å². The van der Waals surface area contributed by atoms with Gasteiger partial charge in [-0.2, -0.15) is 0 Å². The van der Waals surface area contributed by atoms with Crippen molar-refractivity contribution in [3.8, 4) is 5.75 Å². The lowest BCUT2D eigenvalue weighted by Gasteiger charge is -2.11. The topological polar surface area (TPSA) is 48.3 Å². The highest BCUT2D eigenvalue weighted by molar-refractivity contribution is 5.96. The van der Waals surface area contributed by atoms with Gasteiger partial charge >= 0.3 is 0 Å². The first-order valence-corrected chi connectivity index (χ1v) is 8.44. The molecule has 0 spiro atoms. The Morgan fingerprint density at radius 1 is 1.15 bits per heavy atom. The van der Waals surface area contributed by atoms with Crippen LogP contribution in [0.25, 0.3) is 10.8 Å². The fraction of sp³-hybridized carbons (Fsp3) is 0.238. The Balaban J connectivity index is 1.90. The van der Waals surface area contributed by atoms with Crippen LogP contribution in [0.3, 0.4) is 0 Å². The molecule has 1 aromatic heterocycles. The summed E-state index contributed by atoms with van der Waals surface area (Å²) in [5, 5.41) is 1.28. The molecule has 0 N–H and O–H groups in total. The van der Waals surface area contributed by atoms with E-state index in [9.17, 15) is 14.0 Å². The Kier molecular flexibility index (Phi) is 4.89. The predicted molar refractivity (Wildman–Crippen MR) is 99.4 cm³/mol. The lowest BCUT2D eigenvalue weighted by Crippen LogP contribution is -2.24. The second-order valence-corrected chi connectivity index (χ2v) is 6.55. The summed E-state index contributed by atoms with van der Waals surface area (Å²) >= 11 is 0. The first kappa shape index (κ1) is 17.9. The van der Waals surface area contributed by atoms with Crippen LogP contribution in [-0.2, 0) is 6.54 Å². The minimum absolute atomic E-state index is 0.0459. The highest BCUT2D eigenvalue weighted by Crippen LogP contribution is 2.19. The lowest BCUT2D eigenvalue weighted by atomic mass is 10.1. The molecule has 5 heteroatoms. The van der Waals surface area contributed by atoms with E-state index in [2.05, 4.69) is 0 Å². The zero-order valence-corrected chi connectivity index (χ0v) is 15.0. The highest BCUT2D eigenvalue weighted by Gasteiger charge is 2.11. The van der Waals surface area contributed by atoms with E-state index < -0.39 is 0 Å². The van der Waals surface area contributed by atoms with Gasteiger partial charge in [0.2, 0.25) is 0 Å². The number of hydrogen-bond acceptors (Lipinski definition) is 3. The standard InChI is InChI=1S/C21H20FNO3/c1-13(2)26-17-5-6-18-15(11-17)8-9-23(21(18)25)12-20(24)16-4-7-19(22)14(3)10-16/h4-11,13H,12H2,1-3H3. The monoisotopic (exact) mass is 353 g/mol. The SMILES string of the molecule is Cc1cc(C(=O)Cn2ccc3cc(OC(C)C)ccc3c2=O)ccc1F. The number of fused-ring (bicyclic) bond motifs is 1. The molecule has 2 aromatic carbocycles. The zero-order valence-electron chi connectivity index (χ0n) is 15.0. The van der Waals surface area contributed by atoms with Crippen molar-refractivity contribution in [1.29, 1.82) is 0 Å². The second-order valence-electron chi connectivity index (χ2n) is 6.55. The van der Waals surface area contributed by atoms with Crippen molar-refractivity contribution in [3.05, 3.63) is 76.0 Å². The van der Waals surface area contributed by atoms with Crippen molar-refractivity contribution in [1.82, 2.24) is 4.57 Å². The molecule has 0 unspecified atom stereocenters. The Hall–Kier alpha value is -2.95. The summed E-state index contributed by atoms with van der Waals surface area (Å²) in [6.45, 7) is 5.38. The van der Waals surface area contributed by atoms with E-state index in [4.69, 9.17) is 4.74 Å². The molecule has 0 fully saturated rings. The van der Waals surface area contributed by atoms with Crippen molar-refractivity contribution >= 4 is 16.6 Å². The largest absolute Gasteiger partial charge is 0.491 e. The van der Waals surface area contributed by atoms with Gasteiger partial charge in [0.15, 0.2) is 5.78 Å². The number of ether oxygens (including phenoxy) is 1. The Labute approximate surface area is 150 Å². The van der Waals surface area contributed by atoms with Crippen LogP contribution in [0.5, 0.6) is 5.75 Å². The van der Waals surface area contributed by atoms with Crippen molar-refractivity contribution < 1.29 is 13.9 Å². The van der Waals surface area contributed by atoms with Crippen LogP contribution in [0.1, 0.15) is 29.8 Å². The molecule has 134 valence electrons. The van der Waals surface area contributed by atoms with Crippen LogP contribution in [0.2, 0.25) is 0 Å². The van der Waals surface area contributed by atoms with Gasteiger partial charge in [-0.05, 0) is 74.2 Å². The molecule has 0 amide bonds. The number of Topliss-reactive ketones (excluding diaryl/α,β-unsaturated/α-hetero) is 1. The van der Waals surface area contributed by atoms with Crippen molar-refractivity contribution in [3.63, 3.8) is 0 Å². The smallest absolute Gasteiger partial charge is 0.258 e. The van der Waals surface area contributed by atoms with Crippen LogP contribution >= 0.6 is 0 Å². The number of rotatable bonds is 5. The molecule has 0 aliphatic rings. The van der Waals surface area contributed by atoms with Crippen LogP contribution in [0, 0.1) is 12.7 Å². The van der Waals surface area contributed by atoms with Gasteiger partial charge in [0, 0.05) is 17.1 Å². The minimum Gasteiger partial charge on any atom is -0.491 e. The van der Waals surface area contributed by atoms with Gasteiger partial charge in [0.1, 0.15) is 11.6 Å². The first-order valence-electron chi connectivity index (χ1n) is 8.44. The molecule has 0 saturated carbocycles. The van der Waals surface area contributed by atoms with Gasteiger partial charge < -0.3 is 9.30 Å². The van der Waals surface area contributed by atoms with E-state index in [1.165, 1.54) is 22.8 Å². The van der Waals surface area contributed by atoms with E-state index in [1.807, 2.05) is 19.9 Å². The van der Waals surface area contributed by atoms with Crippen LogP contribution in [0.4, 0.5) is 4.39 Å². The summed E-state index contributed by atoms with van der Waals surface area (Å²) in [5.74, 6) is 0.0978. The van der Waals surface area contributed by atoms with Crippen LogP contribution in [0.15, 0.2) is 53.5 Å². The number of pyridine rings is 1. The Morgan fingerprint density at radius 3 is 2.62 bits per heavy atom. The number of halogens is 1. The number of hydrogen-bond donors (Lipinski definition) is 0. The van der Waals surface area contributed by atoms with Gasteiger partial charge in [-0.25, -0.2) is 4.39 Å². The van der Waals surface area contributed by atoms with E-state index in [1.54, 1.807) is 31.3 Å². The summed E-state index contributed by atoms with van der Waals surface area (Å²) in [5.41, 5.74) is 0.543. The molecule has 0 saturated heterocycles. The lowest BCUT2D eigenvalue weighted by molar-refractivity contribution is 0.0971. The molecule has 1 heterocycles. The Bertz CT molecular complexity index is 1040. The average molecular weight is 353 g/mol. The summed E-state index contributed by atoms with van der Waals surface area (Å²) in [6.07, 6.45) is 1.64.